The first-order valence-electron chi connectivity index (χ1n) is 8.18. The predicted molar refractivity (Wildman–Crippen MR) is 93.9 cm³/mol. The normalized spacial score (nSPS) is 11.2. The molecule has 0 saturated heterocycles. The summed E-state index contributed by atoms with van der Waals surface area (Å²) in [6, 6.07) is 6.85. The van der Waals surface area contributed by atoms with Crippen LogP contribution in [0.3, 0.4) is 0 Å². The molecule has 0 amide bonds. The Morgan fingerprint density at radius 2 is 2.04 bits per heavy atom. The Morgan fingerprint density at radius 1 is 1.22 bits per heavy atom. The highest BCUT2D eigenvalue weighted by molar-refractivity contribution is 5.76. The molecule has 0 unspecified atom stereocenters. The molecular formula is C17H15N7O3. The summed E-state index contributed by atoms with van der Waals surface area (Å²) in [6.45, 7) is 3.31. The zero-order valence-corrected chi connectivity index (χ0v) is 14.7. The maximum Gasteiger partial charge on any atom is 0.312 e. The summed E-state index contributed by atoms with van der Waals surface area (Å²) in [6.07, 6.45) is 1.40. The molecule has 0 aliphatic rings. The number of esters is 1. The van der Waals surface area contributed by atoms with Crippen molar-refractivity contribution in [2.45, 2.75) is 27.0 Å². The van der Waals surface area contributed by atoms with Crippen molar-refractivity contribution in [1.82, 2.24) is 34.6 Å². The summed E-state index contributed by atoms with van der Waals surface area (Å²) in [4.78, 5) is 33.0. The van der Waals surface area contributed by atoms with Crippen LogP contribution in [-0.4, -0.2) is 40.5 Å². The van der Waals surface area contributed by atoms with Gasteiger partial charge in [-0.05, 0) is 26.0 Å². The van der Waals surface area contributed by atoms with Gasteiger partial charge in [0.25, 0.3) is 11.3 Å². The van der Waals surface area contributed by atoms with Crippen molar-refractivity contribution in [3.8, 4) is 0 Å². The second-order valence-corrected chi connectivity index (χ2v) is 5.97. The summed E-state index contributed by atoms with van der Waals surface area (Å²) in [7, 11) is 0. The van der Waals surface area contributed by atoms with Crippen molar-refractivity contribution in [3.05, 3.63) is 57.9 Å². The number of benzene rings is 1. The molecule has 0 aliphatic heterocycles. The molecule has 10 heteroatoms. The van der Waals surface area contributed by atoms with E-state index in [-0.39, 0.29) is 18.7 Å². The third-order valence-corrected chi connectivity index (χ3v) is 4.29. The molecule has 3 aromatic heterocycles. The number of carbonyl (C=O) groups is 1. The number of hydrogen-bond donors (Lipinski definition) is 0. The fraction of sp³-hybridized carbons (Fsp3) is 0.235. The molecule has 0 radical (unpaired) electrons. The zero-order valence-electron chi connectivity index (χ0n) is 14.7. The SMILES string of the molecule is Cc1nc2ncnn2c(C)c1CC(=O)OCn1nnc2ccccc2c1=O. The molecular weight excluding hydrogens is 350 g/mol. The highest BCUT2D eigenvalue weighted by Gasteiger charge is 2.16. The third kappa shape index (κ3) is 3.01. The van der Waals surface area contributed by atoms with E-state index in [1.165, 1.54) is 6.33 Å². The van der Waals surface area contributed by atoms with Crippen molar-refractivity contribution in [2.75, 3.05) is 0 Å². The molecule has 10 nitrogen and oxygen atoms in total. The average Bonchev–Trinajstić information content (AvgIpc) is 3.13. The number of carbonyl (C=O) groups excluding carboxylic acids is 1. The van der Waals surface area contributed by atoms with E-state index >= 15 is 0 Å². The highest BCUT2D eigenvalue weighted by Crippen LogP contribution is 2.14. The van der Waals surface area contributed by atoms with Crippen LogP contribution in [0.2, 0.25) is 0 Å². The standard InChI is InChI=1S/C17H15N7O3/c1-10-13(11(2)24-17(20-10)18-8-19-24)7-15(25)27-9-23-16(26)12-5-3-4-6-14(12)21-22-23/h3-6,8H,7,9H2,1-2H3. The molecule has 0 atom stereocenters. The molecule has 0 spiro atoms. The van der Waals surface area contributed by atoms with Gasteiger partial charge in [-0.1, -0.05) is 17.3 Å². The van der Waals surface area contributed by atoms with Gasteiger partial charge in [0.1, 0.15) is 11.8 Å². The van der Waals surface area contributed by atoms with Gasteiger partial charge in [0, 0.05) is 17.0 Å². The van der Waals surface area contributed by atoms with E-state index in [1.54, 1.807) is 35.7 Å². The highest BCUT2D eigenvalue weighted by atomic mass is 16.5. The number of nitrogens with zero attached hydrogens (tertiary/aromatic N) is 7. The molecule has 0 N–H and O–H groups in total. The molecule has 0 bridgehead atoms. The van der Waals surface area contributed by atoms with Gasteiger partial charge < -0.3 is 4.74 Å². The molecule has 4 rings (SSSR count). The van der Waals surface area contributed by atoms with Crippen LogP contribution in [0.5, 0.6) is 0 Å². The molecule has 0 aliphatic carbocycles. The van der Waals surface area contributed by atoms with Crippen molar-refractivity contribution < 1.29 is 9.53 Å². The van der Waals surface area contributed by atoms with Gasteiger partial charge in [0.05, 0.1) is 11.8 Å². The predicted octanol–water partition coefficient (Wildman–Crippen LogP) is 0.589. The van der Waals surface area contributed by atoms with Gasteiger partial charge in [-0.2, -0.15) is 14.8 Å². The molecule has 0 saturated carbocycles. The van der Waals surface area contributed by atoms with E-state index < -0.39 is 5.97 Å². The molecule has 1 aromatic carbocycles. The summed E-state index contributed by atoms with van der Waals surface area (Å²) in [5.41, 5.74) is 2.26. The second-order valence-electron chi connectivity index (χ2n) is 5.97. The van der Waals surface area contributed by atoms with Crippen molar-refractivity contribution in [3.63, 3.8) is 0 Å². The number of fused-ring (bicyclic) bond motifs is 2. The lowest BCUT2D eigenvalue weighted by atomic mass is 10.1. The Morgan fingerprint density at radius 3 is 2.89 bits per heavy atom. The van der Waals surface area contributed by atoms with Crippen LogP contribution in [0, 0.1) is 13.8 Å². The van der Waals surface area contributed by atoms with Gasteiger partial charge in [-0.3, -0.25) is 9.59 Å². The van der Waals surface area contributed by atoms with Crippen LogP contribution in [0.1, 0.15) is 17.0 Å². The Kier molecular flexibility index (Phi) is 4.07. The topological polar surface area (TPSA) is 117 Å². The number of aryl methyl sites for hydroxylation is 2. The molecule has 27 heavy (non-hydrogen) atoms. The second kappa shape index (κ2) is 6.56. The lowest BCUT2D eigenvalue weighted by Crippen LogP contribution is -2.27. The summed E-state index contributed by atoms with van der Waals surface area (Å²) >= 11 is 0. The Bertz CT molecular complexity index is 1230. The van der Waals surface area contributed by atoms with Gasteiger partial charge in [0.15, 0.2) is 6.73 Å². The van der Waals surface area contributed by atoms with E-state index in [0.29, 0.717) is 27.9 Å². The van der Waals surface area contributed by atoms with Crippen LogP contribution >= 0.6 is 0 Å². The lowest BCUT2D eigenvalue weighted by Gasteiger charge is -2.10. The van der Waals surface area contributed by atoms with Gasteiger partial charge >= 0.3 is 5.97 Å². The number of hydrogen-bond acceptors (Lipinski definition) is 8. The Hall–Kier alpha value is -3.69. The van der Waals surface area contributed by atoms with E-state index in [2.05, 4.69) is 25.4 Å². The first kappa shape index (κ1) is 16.8. The van der Waals surface area contributed by atoms with Gasteiger partial charge in [0.2, 0.25) is 0 Å². The number of aromatic nitrogens is 7. The van der Waals surface area contributed by atoms with E-state index in [1.807, 2.05) is 6.92 Å². The van der Waals surface area contributed by atoms with E-state index in [0.717, 1.165) is 10.4 Å². The first-order chi connectivity index (χ1) is 13.0. The summed E-state index contributed by atoms with van der Waals surface area (Å²) in [5.74, 6) is -0.0376. The van der Waals surface area contributed by atoms with Crippen LogP contribution in [0.25, 0.3) is 16.7 Å². The average molecular weight is 365 g/mol. The quantitative estimate of drug-likeness (QED) is 0.482. The minimum Gasteiger partial charge on any atom is -0.442 e. The maximum absolute atomic E-state index is 12.4. The van der Waals surface area contributed by atoms with Crippen molar-refractivity contribution in [1.29, 1.82) is 0 Å². The fourth-order valence-electron chi connectivity index (χ4n) is 2.85. The van der Waals surface area contributed by atoms with Gasteiger partial charge in [-0.25, -0.2) is 9.50 Å². The monoisotopic (exact) mass is 365 g/mol. The molecule has 136 valence electrons. The maximum atomic E-state index is 12.4. The van der Waals surface area contributed by atoms with Gasteiger partial charge in [-0.15, -0.1) is 5.10 Å². The Balaban J connectivity index is 1.52. The number of rotatable bonds is 4. The molecule has 0 fully saturated rings. The van der Waals surface area contributed by atoms with Crippen LogP contribution in [0.15, 0.2) is 35.4 Å². The first-order valence-corrected chi connectivity index (χ1v) is 8.18. The van der Waals surface area contributed by atoms with E-state index in [4.69, 9.17) is 4.74 Å². The largest absolute Gasteiger partial charge is 0.442 e. The lowest BCUT2D eigenvalue weighted by molar-refractivity contribution is -0.147. The van der Waals surface area contributed by atoms with Crippen molar-refractivity contribution in [2.24, 2.45) is 0 Å². The minimum atomic E-state index is -0.510. The third-order valence-electron chi connectivity index (χ3n) is 4.29. The summed E-state index contributed by atoms with van der Waals surface area (Å²) < 4.78 is 7.79. The minimum absolute atomic E-state index is 0.00374. The fourth-order valence-corrected chi connectivity index (χ4v) is 2.85. The van der Waals surface area contributed by atoms with Crippen LogP contribution in [-0.2, 0) is 22.7 Å². The van der Waals surface area contributed by atoms with Crippen LogP contribution < -0.4 is 5.56 Å². The van der Waals surface area contributed by atoms with Crippen LogP contribution in [0.4, 0.5) is 0 Å². The van der Waals surface area contributed by atoms with Crippen molar-refractivity contribution >= 4 is 22.6 Å². The van der Waals surface area contributed by atoms with E-state index in [9.17, 15) is 9.59 Å². The number of ether oxygens (including phenoxy) is 1. The smallest absolute Gasteiger partial charge is 0.312 e. The Labute approximate surface area is 152 Å². The summed E-state index contributed by atoms with van der Waals surface area (Å²) in [5, 5.41) is 12.3. The zero-order chi connectivity index (χ0) is 19.0. The molecule has 3 heterocycles. The molecule has 4 aromatic rings.